The van der Waals surface area contributed by atoms with Crippen molar-refractivity contribution in [2.75, 3.05) is 24.4 Å². The minimum Gasteiger partial charge on any atom is -0.488 e. The SMILES string of the molecule is COC[C@H](C)Oc1cc(CCc2ccc(NC(=O)CC(C)C)cc2)cc(C(=O)Nc2nccs2)c1. The van der Waals surface area contributed by atoms with E-state index in [9.17, 15) is 9.59 Å². The van der Waals surface area contributed by atoms with Crippen LogP contribution in [0.15, 0.2) is 54.0 Å². The van der Waals surface area contributed by atoms with E-state index in [1.807, 2.05) is 62.5 Å². The van der Waals surface area contributed by atoms with E-state index in [0.29, 0.717) is 35.4 Å². The normalized spacial score (nSPS) is 11.8. The average molecular weight is 496 g/mol. The van der Waals surface area contributed by atoms with Crippen molar-refractivity contribution in [1.82, 2.24) is 4.98 Å². The summed E-state index contributed by atoms with van der Waals surface area (Å²) in [6.07, 6.45) is 3.51. The Morgan fingerprint density at radius 2 is 1.74 bits per heavy atom. The maximum absolute atomic E-state index is 12.8. The second kappa shape index (κ2) is 13.0. The van der Waals surface area contributed by atoms with Crippen LogP contribution in [-0.4, -0.2) is 36.6 Å². The number of benzene rings is 2. The number of ether oxygens (including phenoxy) is 2. The molecule has 0 saturated carbocycles. The van der Waals surface area contributed by atoms with Crippen molar-refractivity contribution >= 4 is 34.0 Å². The van der Waals surface area contributed by atoms with Gasteiger partial charge in [0, 0.05) is 36.4 Å². The molecule has 186 valence electrons. The summed E-state index contributed by atoms with van der Waals surface area (Å²) in [5.74, 6) is 0.739. The number of nitrogens with one attached hydrogen (secondary N) is 2. The van der Waals surface area contributed by atoms with Crippen LogP contribution in [0.4, 0.5) is 10.8 Å². The van der Waals surface area contributed by atoms with Gasteiger partial charge in [-0.2, -0.15) is 0 Å². The molecule has 1 aromatic heterocycles. The van der Waals surface area contributed by atoms with Crippen LogP contribution < -0.4 is 15.4 Å². The Bertz CT molecular complexity index is 1100. The molecule has 0 spiro atoms. The van der Waals surface area contributed by atoms with Gasteiger partial charge in [0.2, 0.25) is 5.91 Å². The first kappa shape index (κ1) is 26.4. The number of anilines is 2. The van der Waals surface area contributed by atoms with Crippen LogP contribution in [0.2, 0.25) is 0 Å². The van der Waals surface area contributed by atoms with Crippen molar-refractivity contribution in [3.8, 4) is 5.75 Å². The van der Waals surface area contributed by atoms with E-state index >= 15 is 0 Å². The molecule has 3 rings (SSSR count). The molecule has 0 aliphatic rings. The summed E-state index contributed by atoms with van der Waals surface area (Å²) in [4.78, 5) is 29.0. The number of nitrogens with zero attached hydrogens (tertiary/aromatic N) is 1. The molecule has 1 atom stereocenters. The lowest BCUT2D eigenvalue weighted by Gasteiger charge is -2.16. The van der Waals surface area contributed by atoms with Crippen LogP contribution >= 0.6 is 11.3 Å². The lowest BCUT2D eigenvalue weighted by molar-refractivity contribution is -0.116. The fourth-order valence-electron chi connectivity index (χ4n) is 3.59. The largest absolute Gasteiger partial charge is 0.488 e. The molecule has 0 unspecified atom stereocenters. The molecule has 0 fully saturated rings. The summed E-state index contributed by atoms with van der Waals surface area (Å²) < 4.78 is 11.2. The number of methoxy groups -OCH3 is 1. The molecule has 0 radical (unpaired) electrons. The molecule has 7 nitrogen and oxygen atoms in total. The highest BCUT2D eigenvalue weighted by Gasteiger charge is 2.13. The topological polar surface area (TPSA) is 89.5 Å². The standard InChI is InChI=1S/C27H33N3O4S/c1-18(2)13-25(31)29-23-9-7-20(8-10-23)5-6-21-14-22(26(32)30-27-28-11-12-35-27)16-24(15-21)34-19(3)17-33-4/h7-12,14-16,18-19H,5-6,13,17H2,1-4H3,(H,29,31)(H,28,30,32)/t19-/m0/s1. The molecule has 2 N–H and O–H groups in total. The highest BCUT2D eigenvalue weighted by Crippen LogP contribution is 2.22. The molecule has 3 aromatic rings. The first-order valence-corrected chi connectivity index (χ1v) is 12.6. The van der Waals surface area contributed by atoms with E-state index in [2.05, 4.69) is 15.6 Å². The number of hydrogen-bond acceptors (Lipinski definition) is 6. The Hall–Kier alpha value is -3.23. The molecule has 2 aromatic carbocycles. The van der Waals surface area contributed by atoms with E-state index in [4.69, 9.17) is 9.47 Å². The third-order valence-corrected chi connectivity index (χ3v) is 5.84. The molecular weight excluding hydrogens is 462 g/mol. The Labute approximate surface area is 210 Å². The Morgan fingerprint density at radius 3 is 2.40 bits per heavy atom. The van der Waals surface area contributed by atoms with Crippen molar-refractivity contribution in [2.45, 2.75) is 46.1 Å². The Kier molecular flexibility index (Phi) is 9.81. The minimum absolute atomic E-state index is 0.0239. The minimum atomic E-state index is -0.229. The highest BCUT2D eigenvalue weighted by atomic mass is 32.1. The van der Waals surface area contributed by atoms with Gasteiger partial charge in [0.05, 0.1) is 6.61 Å². The molecule has 8 heteroatoms. The van der Waals surface area contributed by atoms with Gasteiger partial charge in [-0.1, -0.05) is 26.0 Å². The van der Waals surface area contributed by atoms with E-state index in [1.54, 1.807) is 19.4 Å². The maximum atomic E-state index is 12.8. The number of thiazole rings is 1. The summed E-state index contributed by atoms with van der Waals surface area (Å²) in [6, 6.07) is 13.5. The Balaban J connectivity index is 1.69. The number of aromatic nitrogens is 1. The second-order valence-electron chi connectivity index (χ2n) is 8.88. The molecule has 2 amide bonds. The van der Waals surface area contributed by atoms with Crippen molar-refractivity contribution in [3.63, 3.8) is 0 Å². The van der Waals surface area contributed by atoms with Crippen LogP contribution in [-0.2, 0) is 22.4 Å². The van der Waals surface area contributed by atoms with Gasteiger partial charge in [0.25, 0.3) is 5.91 Å². The highest BCUT2D eigenvalue weighted by molar-refractivity contribution is 7.13. The summed E-state index contributed by atoms with van der Waals surface area (Å²) in [5.41, 5.74) is 3.44. The summed E-state index contributed by atoms with van der Waals surface area (Å²) in [6.45, 7) is 6.42. The van der Waals surface area contributed by atoms with E-state index in [1.165, 1.54) is 11.3 Å². The van der Waals surface area contributed by atoms with Gasteiger partial charge in [-0.25, -0.2) is 4.98 Å². The van der Waals surface area contributed by atoms with Crippen LogP contribution in [0.3, 0.4) is 0 Å². The summed E-state index contributed by atoms with van der Waals surface area (Å²) in [7, 11) is 1.63. The summed E-state index contributed by atoms with van der Waals surface area (Å²) >= 11 is 1.37. The molecule has 0 saturated heterocycles. The molecule has 0 bridgehead atoms. The van der Waals surface area contributed by atoms with Gasteiger partial charge in [-0.3, -0.25) is 14.9 Å². The molecule has 35 heavy (non-hydrogen) atoms. The first-order valence-electron chi connectivity index (χ1n) is 11.7. The zero-order valence-electron chi connectivity index (χ0n) is 20.7. The van der Waals surface area contributed by atoms with Crippen LogP contribution in [0.5, 0.6) is 5.75 Å². The van der Waals surface area contributed by atoms with Gasteiger partial charge in [0.1, 0.15) is 11.9 Å². The van der Waals surface area contributed by atoms with Gasteiger partial charge in [-0.15, -0.1) is 11.3 Å². The molecule has 1 heterocycles. The molecule has 0 aliphatic carbocycles. The average Bonchev–Trinajstić information content (AvgIpc) is 3.31. The number of carbonyl (C=O) groups excluding carboxylic acids is 2. The number of rotatable bonds is 12. The monoisotopic (exact) mass is 495 g/mol. The van der Waals surface area contributed by atoms with Crippen LogP contribution in [0.1, 0.15) is 48.7 Å². The zero-order valence-corrected chi connectivity index (χ0v) is 21.5. The predicted molar refractivity (Wildman–Crippen MR) is 140 cm³/mol. The van der Waals surface area contributed by atoms with E-state index in [-0.39, 0.29) is 17.9 Å². The van der Waals surface area contributed by atoms with E-state index in [0.717, 1.165) is 29.7 Å². The number of hydrogen-bond donors (Lipinski definition) is 2. The fourth-order valence-corrected chi connectivity index (χ4v) is 4.11. The third kappa shape index (κ3) is 8.81. The Morgan fingerprint density at radius 1 is 1.00 bits per heavy atom. The van der Waals surface area contributed by atoms with E-state index < -0.39 is 0 Å². The third-order valence-electron chi connectivity index (χ3n) is 5.15. The maximum Gasteiger partial charge on any atom is 0.257 e. The lowest BCUT2D eigenvalue weighted by atomic mass is 10.0. The van der Waals surface area contributed by atoms with Crippen molar-refractivity contribution in [3.05, 3.63) is 70.7 Å². The number of aryl methyl sites for hydroxylation is 2. The van der Waals surface area contributed by atoms with Crippen molar-refractivity contribution in [2.24, 2.45) is 5.92 Å². The molecular formula is C27H33N3O4S. The quantitative estimate of drug-likeness (QED) is 0.342. The van der Waals surface area contributed by atoms with Crippen LogP contribution in [0.25, 0.3) is 0 Å². The van der Waals surface area contributed by atoms with Gasteiger partial charge >= 0.3 is 0 Å². The van der Waals surface area contributed by atoms with Crippen molar-refractivity contribution < 1.29 is 19.1 Å². The predicted octanol–water partition coefficient (Wildman–Crippen LogP) is 5.58. The van der Waals surface area contributed by atoms with Gasteiger partial charge in [0.15, 0.2) is 5.13 Å². The second-order valence-corrected chi connectivity index (χ2v) is 9.78. The smallest absolute Gasteiger partial charge is 0.257 e. The number of amides is 2. The fraction of sp³-hybridized carbons (Fsp3) is 0.370. The lowest BCUT2D eigenvalue weighted by Crippen LogP contribution is -2.19. The van der Waals surface area contributed by atoms with Gasteiger partial charge in [-0.05, 0) is 67.1 Å². The molecule has 0 aliphatic heterocycles. The van der Waals surface area contributed by atoms with Gasteiger partial charge < -0.3 is 14.8 Å². The number of carbonyl (C=O) groups is 2. The first-order chi connectivity index (χ1) is 16.8. The summed E-state index contributed by atoms with van der Waals surface area (Å²) in [5, 5.41) is 8.13. The zero-order chi connectivity index (χ0) is 25.2. The van der Waals surface area contributed by atoms with Crippen LogP contribution in [0, 0.1) is 5.92 Å². The van der Waals surface area contributed by atoms with Crippen molar-refractivity contribution in [1.29, 1.82) is 0 Å².